The second-order valence-corrected chi connectivity index (χ2v) is 5.95. The first-order chi connectivity index (χ1) is 9.88. The fraction of sp³-hybridized carbons (Fsp3) is 0.429. The number of carbonyl (C=O) groups excluding carboxylic acids is 1. The summed E-state index contributed by atoms with van der Waals surface area (Å²) in [6.45, 7) is 2.56. The molecule has 21 heavy (non-hydrogen) atoms. The Hall–Kier alpha value is -1.46. The van der Waals surface area contributed by atoms with Gasteiger partial charge in [-0.25, -0.2) is 4.79 Å². The molecular formula is C14H16Cl2N2O3. The van der Waals surface area contributed by atoms with Crippen LogP contribution in [0.2, 0.25) is 10.0 Å². The number of carbonyl (C=O) groups is 2. The lowest BCUT2D eigenvalue weighted by Gasteiger charge is -2.30. The predicted molar refractivity (Wildman–Crippen MR) is 82.2 cm³/mol. The lowest BCUT2D eigenvalue weighted by atomic mass is 9.99. The lowest BCUT2D eigenvalue weighted by Crippen LogP contribution is -2.44. The monoisotopic (exact) mass is 330 g/mol. The van der Waals surface area contributed by atoms with Crippen LogP contribution in [0.5, 0.6) is 0 Å². The molecule has 7 heteroatoms. The third kappa shape index (κ3) is 3.80. The van der Waals surface area contributed by atoms with Crippen LogP contribution >= 0.6 is 23.2 Å². The highest BCUT2D eigenvalue weighted by Gasteiger charge is 2.28. The van der Waals surface area contributed by atoms with Gasteiger partial charge in [-0.3, -0.25) is 4.79 Å². The highest BCUT2D eigenvalue weighted by Crippen LogP contribution is 2.29. The summed E-state index contributed by atoms with van der Waals surface area (Å²) >= 11 is 12.1. The second kappa shape index (κ2) is 6.54. The number of aryl methyl sites for hydroxylation is 1. The molecule has 1 aromatic carbocycles. The average molecular weight is 331 g/mol. The molecule has 114 valence electrons. The van der Waals surface area contributed by atoms with Gasteiger partial charge in [0.1, 0.15) is 0 Å². The Balaban J connectivity index is 2.07. The number of hydrogen-bond donors (Lipinski definition) is 2. The SMILES string of the molecule is Cc1cc(Cl)c(NC(=O)N2CCC[C@H](C(=O)O)C2)cc1Cl. The van der Waals surface area contributed by atoms with Gasteiger partial charge in [0.25, 0.3) is 0 Å². The molecule has 0 unspecified atom stereocenters. The Labute approximate surface area is 132 Å². The summed E-state index contributed by atoms with van der Waals surface area (Å²) in [6, 6.07) is 2.91. The van der Waals surface area contributed by atoms with E-state index in [2.05, 4.69) is 5.32 Å². The van der Waals surface area contributed by atoms with Crippen LogP contribution in [0.25, 0.3) is 0 Å². The molecule has 1 aromatic rings. The van der Waals surface area contributed by atoms with Gasteiger partial charge in [-0.05, 0) is 37.5 Å². The van der Waals surface area contributed by atoms with Crippen LogP contribution in [0.15, 0.2) is 12.1 Å². The zero-order valence-electron chi connectivity index (χ0n) is 11.5. The van der Waals surface area contributed by atoms with Crippen LogP contribution in [-0.4, -0.2) is 35.1 Å². The number of rotatable bonds is 2. The minimum atomic E-state index is -0.871. The van der Waals surface area contributed by atoms with Crippen LogP contribution in [0, 0.1) is 12.8 Å². The van der Waals surface area contributed by atoms with Crippen molar-refractivity contribution in [2.75, 3.05) is 18.4 Å². The van der Waals surface area contributed by atoms with E-state index in [9.17, 15) is 9.59 Å². The number of halogens is 2. The van der Waals surface area contributed by atoms with Gasteiger partial charge >= 0.3 is 12.0 Å². The molecular weight excluding hydrogens is 315 g/mol. The van der Waals surface area contributed by atoms with Gasteiger partial charge in [0.2, 0.25) is 0 Å². The lowest BCUT2D eigenvalue weighted by molar-refractivity contribution is -0.143. The smallest absolute Gasteiger partial charge is 0.321 e. The predicted octanol–water partition coefficient (Wildman–Crippen LogP) is 3.63. The number of nitrogens with zero attached hydrogens (tertiary/aromatic N) is 1. The molecule has 0 saturated carbocycles. The number of nitrogens with one attached hydrogen (secondary N) is 1. The zero-order valence-corrected chi connectivity index (χ0v) is 13.0. The molecule has 0 aromatic heterocycles. The van der Waals surface area contributed by atoms with Crippen molar-refractivity contribution in [2.24, 2.45) is 5.92 Å². The quantitative estimate of drug-likeness (QED) is 0.869. The number of anilines is 1. The highest BCUT2D eigenvalue weighted by molar-refractivity contribution is 6.36. The summed E-state index contributed by atoms with van der Waals surface area (Å²) in [5.41, 5.74) is 1.25. The van der Waals surface area contributed by atoms with Crippen molar-refractivity contribution < 1.29 is 14.7 Å². The van der Waals surface area contributed by atoms with Crippen molar-refractivity contribution in [1.29, 1.82) is 0 Å². The van der Waals surface area contributed by atoms with Gasteiger partial charge in [-0.1, -0.05) is 23.2 Å². The molecule has 2 rings (SSSR count). The number of urea groups is 1. The van der Waals surface area contributed by atoms with E-state index >= 15 is 0 Å². The number of carboxylic acid groups (broad SMARTS) is 1. The summed E-state index contributed by atoms with van der Waals surface area (Å²) in [6.07, 6.45) is 1.27. The molecule has 1 fully saturated rings. The fourth-order valence-electron chi connectivity index (χ4n) is 2.30. The Kier molecular flexibility index (Phi) is 4.96. The number of hydrogen-bond acceptors (Lipinski definition) is 2. The maximum Gasteiger partial charge on any atom is 0.321 e. The van der Waals surface area contributed by atoms with Crippen LogP contribution in [0.4, 0.5) is 10.5 Å². The van der Waals surface area contributed by atoms with E-state index in [4.69, 9.17) is 28.3 Å². The van der Waals surface area contributed by atoms with Crippen molar-refractivity contribution in [3.05, 3.63) is 27.7 Å². The van der Waals surface area contributed by atoms with Crippen molar-refractivity contribution in [2.45, 2.75) is 19.8 Å². The highest BCUT2D eigenvalue weighted by atomic mass is 35.5. The first-order valence-electron chi connectivity index (χ1n) is 6.63. The van der Waals surface area contributed by atoms with Gasteiger partial charge in [0.15, 0.2) is 0 Å². The van der Waals surface area contributed by atoms with E-state index in [1.54, 1.807) is 12.1 Å². The van der Waals surface area contributed by atoms with E-state index in [0.29, 0.717) is 35.1 Å². The Morgan fingerprint density at radius 2 is 2.05 bits per heavy atom. The normalized spacial score (nSPS) is 18.4. The maximum atomic E-state index is 12.2. The van der Waals surface area contributed by atoms with Crippen LogP contribution in [-0.2, 0) is 4.79 Å². The Bertz CT molecular complexity index is 578. The first kappa shape index (κ1) is 15.9. The molecule has 0 spiro atoms. The van der Waals surface area contributed by atoms with Crippen LogP contribution in [0.3, 0.4) is 0 Å². The second-order valence-electron chi connectivity index (χ2n) is 5.13. The minimum Gasteiger partial charge on any atom is -0.481 e. The molecule has 0 bridgehead atoms. The number of piperidine rings is 1. The third-order valence-electron chi connectivity index (χ3n) is 3.55. The number of benzene rings is 1. The number of amides is 2. The van der Waals surface area contributed by atoms with E-state index in [-0.39, 0.29) is 12.6 Å². The standard InChI is InChI=1S/C14H16Cl2N2O3/c1-8-5-11(16)12(6-10(8)15)17-14(21)18-4-2-3-9(7-18)13(19)20/h5-6,9H,2-4,7H2,1H3,(H,17,21)(H,19,20)/t9-/m0/s1. The van der Waals surface area contributed by atoms with E-state index in [1.165, 1.54) is 4.90 Å². The number of likely N-dealkylation sites (tertiary alicyclic amines) is 1. The molecule has 2 N–H and O–H groups in total. The number of aliphatic carboxylic acids is 1. The summed E-state index contributed by atoms with van der Waals surface area (Å²) < 4.78 is 0. The van der Waals surface area contributed by atoms with E-state index in [0.717, 1.165) is 5.56 Å². The molecule has 0 radical (unpaired) electrons. The van der Waals surface area contributed by atoms with Crippen molar-refractivity contribution in [1.82, 2.24) is 4.90 Å². The molecule has 5 nitrogen and oxygen atoms in total. The summed E-state index contributed by atoms with van der Waals surface area (Å²) in [5.74, 6) is -1.38. The molecule has 1 aliphatic rings. The molecule has 1 aliphatic heterocycles. The van der Waals surface area contributed by atoms with Crippen molar-refractivity contribution in [3.63, 3.8) is 0 Å². The topological polar surface area (TPSA) is 69.6 Å². The molecule has 1 heterocycles. The van der Waals surface area contributed by atoms with Crippen molar-refractivity contribution >= 4 is 40.9 Å². The Morgan fingerprint density at radius 1 is 1.33 bits per heavy atom. The van der Waals surface area contributed by atoms with Crippen LogP contribution < -0.4 is 5.32 Å². The van der Waals surface area contributed by atoms with E-state index < -0.39 is 11.9 Å². The summed E-state index contributed by atoms with van der Waals surface area (Å²) in [4.78, 5) is 24.7. The van der Waals surface area contributed by atoms with E-state index in [1.807, 2.05) is 6.92 Å². The molecule has 1 saturated heterocycles. The summed E-state index contributed by atoms with van der Waals surface area (Å²) in [5, 5.41) is 12.6. The third-order valence-corrected chi connectivity index (χ3v) is 4.27. The van der Waals surface area contributed by atoms with Gasteiger partial charge in [-0.2, -0.15) is 0 Å². The average Bonchev–Trinajstić information content (AvgIpc) is 2.44. The minimum absolute atomic E-state index is 0.207. The van der Waals surface area contributed by atoms with Crippen molar-refractivity contribution in [3.8, 4) is 0 Å². The molecule has 0 aliphatic carbocycles. The fourth-order valence-corrected chi connectivity index (χ4v) is 2.73. The molecule has 2 amide bonds. The molecule has 1 atom stereocenters. The maximum absolute atomic E-state index is 12.2. The van der Waals surface area contributed by atoms with Gasteiger partial charge in [-0.15, -0.1) is 0 Å². The summed E-state index contributed by atoms with van der Waals surface area (Å²) in [7, 11) is 0. The zero-order chi connectivity index (χ0) is 15.6. The first-order valence-corrected chi connectivity index (χ1v) is 7.38. The number of carboxylic acids is 1. The van der Waals surface area contributed by atoms with Gasteiger partial charge < -0.3 is 15.3 Å². The van der Waals surface area contributed by atoms with Crippen LogP contribution in [0.1, 0.15) is 18.4 Å². The largest absolute Gasteiger partial charge is 0.481 e. The Morgan fingerprint density at radius 3 is 2.71 bits per heavy atom. The van der Waals surface area contributed by atoms with Gasteiger partial charge in [0, 0.05) is 18.1 Å². The van der Waals surface area contributed by atoms with Gasteiger partial charge in [0.05, 0.1) is 16.6 Å².